The van der Waals surface area contributed by atoms with Crippen LogP contribution in [0, 0.1) is 5.92 Å². The standard InChI is InChI=1S/C15H19BrClN3O/c1-10(2)9-18-15(21)5-6-20-13-4-3-11(16)7-12(13)19-14(20)8-17/h3-4,7,10H,5-6,8-9H2,1-2H3,(H,18,21). The molecule has 1 aromatic heterocycles. The minimum absolute atomic E-state index is 0.0585. The maximum Gasteiger partial charge on any atom is 0.221 e. The topological polar surface area (TPSA) is 46.9 Å². The number of fused-ring (bicyclic) bond motifs is 1. The number of carbonyl (C=O) groups is 1. The maximum absolute atomic E-state index is 11.8. The second-order valence-corrected chi connectivity index (χ2v) is 6.58. The van der Waals surface area contributed by atoms with Crippen molar-refractivity contribution in [3.8, 4) is 0 Å². The minimum atomic E-state index is 0.0585. The van der Waals surface area contributed by atoms with Crippen LogP contribution in [0.2, 0.25) is 0 Å². The molecule has 0 aliphatic heterocycles. The Bertz CT molecular complexity index is 639. The van der Waals surface area contributed by atoms with E-state index < -0.39 is 0 Å². The summed E-state index contributed by atoms with van der Waals surface area (Å²) in [5.74, 6) is 1.64. The normalized spacial score (nSPS) is 11.3. The summed E-state index contributed by atoms with van der Waals surface area (Å²) in [6.45, 7) is 5.45. The molecule has 0 spiro atoms. The van der Waals surface area contributed by atoms with Gasteiger partial charge in [-0.25, -0.2) is 4.98 Å². The van der Waals surface area contributed by atoms with Crippen LogP contribution in [0.5, 0.6) is 0 Å². The van der Waals surface area contributed by atoms with E-state index in [-0.39, 0.29) is 5.91 Å². The van der Waals surface area contributed by atoms with Gasteiger partial charge >= 0.3 is 0 Å². The first-order valence-corrected chi connectivity index (χ1v) is 8.31. The van der Waals surface area contributed by atoms with Crippen molar-refractivity contribution >= 4 is 44.5 Å². The lowest BCUT2D eigenvalue weighted by Crippen LogP contribution is -2.28. The monoisotopic (exact) mass is 371 g/mol. The molecule has 0 fully saturated rings. The lowest BCUT2D eigenvalue weighted by Gasteiger charge is -2.10. The summed E-state index contributed by atoms with van der Waals surface area (Å²) in [6, 6.07) is 5.92. The predicted octanol–water partition coefficient (Wildman–Crippen LogP) is 3.70. The Kier molecular flexibility index (Phi) is 5.65. The summed E-state index contributed by atoms with van der Waals surface area (Å²) >= 11 is 9.40. The van der Waals surface area contributed by atoms with Crippen LogP contribution in [0.15, 0.2) is 22.7 Å². The van der Waals surface area contributed by atoms with Crippen LogP contribution in [0.4, 0.5) is 0 Å². The smallest absolute Gasteiger partial charge is 0.221 e. The van der Waals surface area contributed by atoms with E-state index in [9.17, 15) is 4.79 Å². The van der Waals surface area contributed by atoms with Crippen molar-refractivity contribution in [2.24, 2.45) is 5.92 Å². The Labute approximate surface area is 138 Å². The SMILES string of the molecule is CC(C)CNC(=O)CCn1c(CCl)nc2cc(Br)ccc21. The van der Waals surface area contributed by atoms with Gasteiger partial charge in [0.25, 0.3) is 0 Å². The number of aromatic nitrogens is 2. The molecule has 0 aliphatic carbocycles. The fourth-order valence-corrected chi connectivity index (χ4v) is 2.68. The predicted molar refractivity (Wildman–Crippen MR) is 89.5 cm³/mol. The number of amides is 1. The van der Waals surface area contributed by atoms with Crippen molar-refractivity contribution in [2.75, 3.05) is 6.54 Å². The average molecular weight is 373 g/mol. The van der Waals surface area contributed by atoms with E-state index in [1.165, 1.54) is 0 Å². The van der Waals surface area contributed by atoms with E-state index in [1.807, 2.05) is 22.8 Å². The summed E-state index contributed by atoms with van der Waals surface area (Å²) in [6.07, 6.45) is 0.429. The first-order valence-electron chi connectivity index (χ1n) is 6.98. The van der Waals surface area contributed by atoms with E-state index in [0.29, 0.717) is 31.3 Å². The van der Waals surface area contributed by atoms with Crippen LogP contribution >= 0.6 is 27.5 Å². The number of nitrogens with one attached hydrogen (secondary N) is 1. The number of hydrogen-bond acceptors (Lipinski definition) is 2. The number of nitrogens with zero attached hydrogens (tertiary/aromatic N) is 2. The zero-order valence-corrected chi connectivity index (χ0v) is 14.5. The summed E-state index contributed by atoms with van der Waals surface area (Å²) in [5.41, 5.74) is 1.90. The first kappa shape index (κ1) is 16.3. The molecule has 0 saturated heterocycles. The third-order valence-electron chi connectivity index (χ3n) is 3.18. The van der Waals surface area contributed by atoms with Crippen molar-refractivity contribution in [1.29, 1.82) is 0 Å². The number of rotatable bonds is 6. The van der Waals surface area contributed by atoms with Crippen molar-refractivity contribution in [3.63, 3.8) is 0 Å². The van der Waals surface area contributed by atoms with Gasteiger partial charge in [0.1, 0.15) is 5.82 Å². The molecule has 1 amide bonds. The fraction of sp³-hybridized carbons (Fsp3) is 0.467. The number of imidazole rings is 1. The van der Waals surface area contributed by atoms with Gasteiger partial charge in [-0.1, -0.05) is 29.8 Å². The summed E-state index contributed by atoms with van der Waals surface area (Å²) in [5, 5.41) is 2.93. The molecule has 2 aromatic rings. The number of carbonyl (C=O) groups excluding carboxylic acids is 1. The van der Waals surface area contributed by atoms with Gasteiger partial charge in [0.15, 0.2) is 0 Å². The van der Waals surface area contributed by atoms with Crippen molar-refractivity contribution in [1.82, 2.24) is 14.9 Å². The fourth-order valence-electron chi connectivity index (χ4n) is 2.12. The van der Waals surface area contributed by atoms with E-state index >= 15 is 0 Å². The summed E-state index contributed by atoms with van der Waals surface area (Å²) < 4.78 is 3.00. The molecule has 0 bridgehead atoms. The van der Waals surface area contributed by atoms with Crippen molar-refractivity contribution in [2.45, 2.75) is 32.7 Å². The average Bonchev–Trinajstić information content (AvgIpc) is 2.79. The van der Waals surface area contributed by atoms with E-state index in [4.69, 9.17) is 11.6 Å². The zero-order chi connectivity index (χ0) is 15.4. The number of alkyl halides is 1. The van der Waals surface area contributed by atoms with Gasteiger partial charge in [-0.3, -0.25) is 4.79 Å². The van der Waals surface area contributed by atoms with Gasteiger partial charge in [0, 0.05) is 24.0 Å². The minimum Gasteiger partial charge on any atom is -0.356 e. The number of hydrogen-bond donors (Lipinski definition) is 1. The second kappa shape index (κ2) is 7.27. The highest BCUT2D eigenvalue weighted by atomic mass is 79.9. The quantitative estimate of drug-likeness (QED) is 0.786. The molecule has 0 radical (unpaired) electrons. The molecule has 21 heavy (non-hydrogen) atoms. The van der Waals surface area contributed by atoms with Crippen molar-refractivity contribution in [3.05, 3.63) is 28.5 Å². The molecule has 6 heteroatoms. The van der Waals surface area contributed by atoms with E-state index in [2.05, 4.69) is 40.1 Å². The lowest BCUT2D eigenvalue weighted by atomic mass is 10.2. The third-order valence-corrected chi connectivity index (χ3v) is 3.91. The summed E-state index contributed by atoms with van der Waals surface area (Å²) in [7, 11) is 0. The Morgan fingerprint density at radius 3 is 2.90 bits per heavy atom. The number of halogens is 2. The Morgan fingerprint density at radius 1 is 1.48 bits per heavy atom. The second-order valence-electron chi connectivity index (χ2n) is 5.39. The molecule has 0 unspecified atom stereocenters. The van der Waals surface area contributed by atoms with Crippen molar-refractivity contribution < 1.29 is 4.79 Å². The highest BCUT2D eigenvalue weighted by Gasteiger charge is 2.11. The third kappa shape index (κ3) is 4.20. The van der Waals surface area contributed by atoms with Crippen LogP contribution < -0.4 is 5.32 Å². The van der Waals surface area contributed by atoms with Crippen LogP contribution in [0.25, 0.3) is 11.0 Å². The first-order chi connectivity index (χ1) is 10.0. The molecule has 0 saturated carbocycles. The zero-order valence-electron chi connectivity index (χ0n) is 12.2. The number of aryl methyl sites for hydroxylation is 1. The molecular weight excluding hydrogens is 354 g/mol. The largest absolute Gasteiger partial charge is 0.356 e. The Balaban J connectivity index is 2.12. The van der Waals surface area contributed by atoms with E-state index in [0.717, 1.165) is 21.3 Å². The summed E-state index contributed by atoms with van der Waals surface area (Å²) in [4.78, 5) is 16.4. The van der Waals surface area contributed by atoms with Gasteiger partial charge in [0.2, 0.25) is 5.91 Å². The number of benzene rings is 1. The van der Waals surface area contributed by atoms with Gasteiger partial charge in [0.05, 0.1) is 16.9 Å². The molecular formula is C15H19BrClN3O. The molecule has 2 rings (SSSR count). The molecule has 0 atom stereocenters. The molecule has 114 valence electrons. The van der Waals surface area contributed by atoms with Gasteiger partial charge in [-0.15, -0.1) is 11.6 Å². The van der Waals surface area contributed by atoms with Gasteiger partial charge in [-0.2, -0.15) is 0 Å². The lowest BCUT2D eigenvalue weighted by molar-refractivity contribution is -0.121. The highest BCUT2D eigenvalue weighted by Crippen LogP contribution is 2.22. The molecule has 4 nitrogen and oxygen atoms in total. The van der Waals surface area contributed by atoms with Crippen LogP contribution in [-0.4, -0.2) is 22.0 Å². The Morgan fingerprint density at radius 2 is 2.24 bits per heavy atom. The Hall–Kier alpha value is -1.07. The van der Waals surface area contributed by atoms with Crippen LogP contribution in [0.1, 0.15) is 26.1 Å². The van der Waals surface area contributed by atoms with E-state index in [1.54, 1.807) is 0 Å². The molecule has 1 N–H and O–H groups in total. The molecule has 1 heterocycles. The van der Waals surface area contributed by atoms with Gasteiger partial charge < -0.3 is 9.88 Å². The molecule has 0 aliphatic rings. The maximum atomic E-state index is 11.8. The highest BCUT2D eigenvalue weighted by molar-refractivity contribution is 9.10. The van der Waals surface area contributed by atoms with Crippen LogP contribution in [0.3, 0.4) is 0 Å². The van der Waals surface area contributed by atoms with Crippen LogP contribution in [-0.2, 0) is 17.2 Å². The van der Waals surface area contributed by atoms with Gasteiger partial charge in [-0.05, 0) is 24.1 Å². The molecule has 1 aromatic carbocycles.